The molecule has 3 aromatic rings. The number of nitrogens with zero attached hydrogens (tertiary/aromatic N) is 1. The Labute approximate surface area is 240 Å². The summed E-state index contributed by atoms with van der Waals surface area (Å²) >= 11 is 0. The van der Waals surface area contributed by atoms with Crippen molar-refractivity contribution >= 4 is 29.5 Å². The maximum absolute atomic E-state index is 13.4. The smallest absolute Gasteiger partial charge is 0.412 e. The van der Waals surface area contributed by atoms with Gasteiger partial charge in [-0.05, 0) is 54.8 Å². The molecular weight excluding hydrogens is 549 g/mol. The summed E-state index contributed by atoms with van der Waals surface area (Å²) in [5, 5.41) is 4.90. The molecule has 2 heterocycles. The minimum absolute atomic E-state index is 0.149. The normalized spacial score (nSPS) is 16.0. The van der Waals surface area contributed by atoms with Gasteiger partial charge in [-0.25, -0.2) is 9.18 Å². The monoisotopic (exact) mass is 577 g/mol. The van der Waals surface area contributed by atoms with E-state index in [9.17, 15) is 23.6 Å². The molecule has 2 N–H and O–H groups in total. The molecule has 1 atom stereocenters. The quantitative estimate of drug-likeness (QED) is 0.375. The zero-order valence-corrected chi connectivity index (χ0v) is 23.1. The van der Waals surface area contributed by atoms with Gasteiger partial charge in [-0.15, -0.1) is 0 Å². The average Bonchev–Trinajstić information content (AvgIpc) is 3.29. The Morgan fingerprint density at radius 3 is 2.57 bits per heavy atom. The van der Waals surface area contributed by atoms with E-state index < -0.39 is 23.9 Å². The molecule has 42 heavy (non-hydrogen) atoms. The molecule has 0 aliphatic carbocycles. The van der Waals surface area contributed by atoms with Crippen LogP contribution in [0.3, 0.4) is 0 Å². The molecule has 0 radical (unpaired) electrons. The molecule has 218 valence electrons. The molecule has 2 aliphatic rings. The number of benzene rings is 3. The lowest BCUT2D eigenvalue weighted by Gasteiger charge is -2.29. The van der Waals surface area contributed by atoms with Crippen LogP contribution in [0.5, 0.6) is 23.0 Å². The van der Waals surface area contributed by atoms with E-state index in [1.54, 1.807) is 37.3 Å². The van der Waals surface area contributed by atoms with Gasteiger partial charge in [-0.1, -0.05) is 12.1 Å². The predicted molar refractivity (Wildman–Crippen MR) is 147 cm³/mol. The lowest BCUT2D eigenvalue weighted by atomic mass is 10.0. The summed E-state index contributed by atoms with van der Waals surface area (Å²) in [4.78, 5) is 51.3. The van der Waals surface area contributed by atoms with Gasteiger partial charge in [0.05, 0.1) is 25.5 Å². The Kier molecular flexibility index (Phi) is 7.96. The number of amides is 4. The van der Waals surface area contributed by atoms with Gasteiger partial charge in [0, 0.05) is 24.6 Å². The molecule has 12 heteroatoms. The van der Waals surface area contributed by atoms with Gasteiger partial charge in [0.25, 0.3) is 5.91 Å². The maximum Gasteiger partial charge on any atom is 0.412 e. The third kappa shape index (κ3) is 5.69. The van der Waals surface area contributed by atoms with Crippen LogP contribution in [0, 0.1) is 12.7 Å². The van der Waals surface area contributed by atoms with Crippen LogP contribution in [0.1, 0.15) is 39.9 Å². The highest BCUT2D eigenvalue weighted by atomic mass is 19.1. The lowest BCUT2D eigenvalue weighted by Crippen LogP contribution is -2.52. The van der Waals surface area contributed by atoms with Crippen LogP contribution in [-0.2, 0) is 27.5 Å². The summed E-state index contributed by atoms with van der Waals surface area (Å²) in [5.41, 5.74) is 2.35. The first-order valence-electron chi connectivity index (χ1n) is 13.1. The molecule has 1 unspecified atom stereocenters. The lowest BCUT2D eigenvalue weighted by molar-refractivity contribution is -0.136. The van der Waals surface area contributed by atoms with E-state index >= 15 is 0 Å². The number of ether oxygens (including phenoxy) is 4. The number of hydrogen-bond donors (Lipinski definition) is 2. The second-order valence-electron chi connectivity index (χ2n) is 9.77. The van der Waals surface area contributed by atoms with Crippen LogP contribution in [0.2, 0.25) is 0 Å². The molecule has 0 spiro atoms. The van der Waals surface area contributed by atoms with Crippen molar-refractivity contribution in [3.63, 3.8) is 0 Å². The molecule has 0 saturated carbocycles. The Hall–Kier alpha value is -5.13. The van der Waals surface area contributed by atoms with Crippen molar-refractivity contribution in [2.45, 2.75) is 39.0 Å². The number of fused-ring (bicyclic) bond motifs is 1. The summed E-state index contributed by atoms with van der Waals surface area (Å²) < 4.78 is 35.6. The number of aryl methyl sites for hydroxylation is 1. The fourth-order valence-electron chi connectivity index (χ4n) is 4.99. The first-order valence-corrected chi connectivity index (χ1v) is 13.1. The standard InChI is InChI=1S/C30H28FN3O8/c1-16-12-19(31)6-10-23(16)42-20-7-8-21(24(13-20)39-2)32-30(38)41-15-18-5-4-17-14-34(29(37)26(17)27(18)40-3)22-9-11-25(35)33-28(22)36/h4-8,10,12-13,22H,9,11,14-15H2,1-3H3,(H,32,38)(H,33,35,36). The second kappa shape index (κ2) is 11.8. The van der Waals surface area contributed by atoms with Crippen molar-refractivity contribution in [2.75, 3.05) is 19.5 Å². The largest absolute Gasteiger partial charge is 0.495 e. The average molecular weight is 578 g/mol. The highest BCUT2D eigenvalue weighted by Crippen LogP contribution is 2.37. The zero-order valence-electron chi connectivity index (χ0n) is 23.1. The molecule has 2 aliphatic heterocycles. The minimum atomic E-state index is -0.782. The van der Waals surface area contributed by atoms with E-state index in [1.807, 2.05) is 0 Å². The van der Waals surface area contributed by atoms with E-state index in [2.05, 4.69) is 10.6 Å². The second-order valence-corrected chi connectivity index (χ2v) is 9.77. The van der Waals surface area contributed by atoms with Gasteiger partial charge in [-0.3, -0.25) is 25.0 Å². The fraction of sp³-hybridized carbons (Fsp3) is 0.267. The van der Waals surface area contributed by atoms with Crippen LogP contribution in [0.15, 0.2) is 48.5 Å². The zero-order chi connectivity index (χ0) is 30.0. The highest BCUT2D eigenvalue weighted by Gasteiger charge is 2.41. The van der Waals surface area contributed by atoms with Gasteiger partial charge in [0.1, 0.15) is 41.5 Å². The molecule has 4 amide bonds. The Morgan fingerprint density at radius 2 is 1.86 bits per heavy atom. The van der Waals surface area contributed by atoms with Crippen molar-refractivity contribution in [2.24, 2.45) is 0 Å². The number of anilines is 1. The third-order valence-electron chi connectivity index (χ3n) is 7.06. The van der Waals surface area contributed by atoms with Gasteiger partial charge in [0.15, 0.2) is 0 Å². The van der Waals surface area contributed by atoms with E-state index in [0.717, 1.165) is 0 Å². The number of halogens is 1. The number of rotatable bonds is 8. The predicted octanol–water partition coefficient (Wildman–Crippen LogP) is 4.45. The molecule has 5 rings (SSSR count). The molecule has 1 fully saturated rings. The van der Waals surface area contributed by atoms with E-state index in [1.165, 1.54) is 37.3 Å². The fourth-order valence-corrected chi connectivity index (χ4v) is 4.99. The molecule has 0 bridgehead atoms. The summed E-state index contributed by atoms with van der Waals surface area (Å²) in [7, 11) is 2.84. The number of hydrogen-bond acceptors (Lipinski definition) is 8. The summed E-state index contributed by atoms with van der Waals surface area (Å²) in [6.07, 6.45) is -0.392. The SMILES string of the molecule is COc1cc(Oc2ccc(F)cc2C)ccc1NC(=O)OCc1ccc2c(c1OC)C(=O)N(C1CCC(=O)NC1=O)C2. The van der Waals surface area contributed by atoms with E-state index in [0.29, 0.717) is 39.6 Å². The maximum atomic E-state index is 13.4. The number of piperidine rings is 1. The molecular formula is C30H28FN3O8. The van der Waals surface area contributed by atoms with Crippen molar-refractivity contribution in [1.82, 2.24) is 10.2 Å². The van der Waals surface area contributed by atoms with Crippen LogP contribution < -0.4 is 24.8 Å². The Morgan fingerprint density at radius 1 is 1.05 bits per heavy atom. The third-order valence-corrected chi connectivity index (χ3v) is 7.06. The van der Waals surface area contributed by atoms with E-state index in [-0.39, 0.29) is 49.0 Å². The number of imide groups is 1. The summed E-state index contributed by atoms with van der Waals surface area (Å²) in [6, 6.07) is 11.6. The first kappa shape index (κ1) is 28.4. The highest BCUT2D eigenvalue weighted by molar-refractivity contribution is 6.06. The van der Waals surface area contributed by atoms with Crippen LogP contribution >= 0.6 is 0 Å². The van der Waals surface area contributed by atoms with Gasteiger partial charge in [-0.2, -0.15) is 0 Å². The number of methoxy groups -OCH3 is 2. The van der Waals surface area contributed by atoms with Crippen molar-refractivity contribution in [1.29, 1.82) is 0 Å². The molecule has 3 aromatic carbocycles. The summed E-state index contributed by atoms with van der Waals surface area (Å²) in [5.74, 6) is -0.196. The Balaban J connectivity index is 1.25. The minimum Gasteiger partial charge on any atom is -0.495 e. The topological polar surface area (TPSA) is 132 Å². The van der Waals surface area contributed by atoms with Crippen LogP contribution in [-0.4, -0.2) is 49.0 Å². The van der Waals surface area contributed by atoms with Gasteiger partial charge < -0.3 is 23.8 Å². The van der Waals surface area contributed by atoms with Crippen LogP contribution in [0.25, 0.3) is 0 Å². The molecule has 1 saturated heterocycles. The van der Waals surface area contributed by atoms with Crippen molar-refractivity contribution in [3.05, 3.63) is 76.6 Å². The Bertz CT molecular complexity index is 1590. The van der Waals surface area contributed by atoms with Gasteiger partial charge in [0.2, 0.25) is 11.8 Å². The van der Waals surface area contributed by atoms with E-state index in [4.69, 9.17) is 18.9 Å². The molecule has 11 nitrogen and oxygen atoms in total. The number of carbonyl (C=O) groups is 4. The first-order chi connectivity index (χ1) is 20.2. The molecule has 0 aromatic heterocycles. The number of carbonyl (C=O) groups excluding carboxylic acids is 4. The summed E-state index contributed by atoms with van der Waals surface area (Å²) in [6.45, 7) is 1.71. The van der Waals surface area contributed by atoms with Crippen molar-refractivity contribution in [3.8, 4) is 23.0 Å². The van der Waals surface area contributed by atoms with Gasteiger partial charge >= 0.3 is 6.09 Å². The number of nitrogens with one attached hydrogen (secondary N) is 2. The van der Waals surface area contributed by atoms with Crippen LogP contribution in [0.4, 0.5) is 14.9 Å². The van der Waals surface area contributed by atoms with Crippen molar-refractivity contribution < 1.29 is 42.5 Å².